The molecular formula is C22H31N3O2+2. The summed E-state index contributed by atoms with van der Waals surface area (Å²) in [5, 5.41) is 3.01. The monoisotopic (exact) mass is 369 g/mol. The number of anilines is 1. The molecular weight excluding hydrogens is 338 g/mol. The Balaban J connectivity index is 1.46. The van der Waals surface area contributed by atoms with Gasteiger partial charge < -0.3 is 19.9 Å². The number of carbonyl (C=O) groups is 1. The highest BCUT2D eigenvalue weighted by Gasteiger charge is 2.15. The van der Waals surface area contributed by atoms with E-state index in [4.69, 9.17) is 4.74 Å². The van der Waals surface area contributed by atoms with Gasteiger partial charge in [-0.3, -0.25) is 4.79 Å². The predicted octanol–water partition coefficient (Wildman–Crippen LogP) is 0.527. The van der Waals surface area contributed by atoms with Crippen LogP contribution in [-0.4, -0.2) is 39.7 Å². The number of amides is 1. The molecule has 0 spiro atoms. The average Bonchev–Trinajstić information content (AvgIpc) is 3.16. The van der Waals surface area contributed by atoms with Gasteiger partial charge >= 0.3 is 0 Å². The zero-order chi connectivity index (χ0) is 19.1. The first-order chi connectivity index (χ1) is 13.1. The van der Waals surface area contributed by atoms with Crippen LogP contribution in [0.5, 0.6) is 5.75 Å². The minimum absolute atomic E-state index is 0.0355. The molecule has 144 valence electrons. The zero-order valence-electron chi connectivity index (χ0n) is 16.4. The van der Waals surface area contributed by atoms with Crippen molar-refractivity contribution in [2.24, 2.45) is 0 Å². The van der Waals surface area contributed by atoms with Gasteiger partial charge in [-0.2, -0.15) is 0 Å². The molecule has 1 fully saturated rings. The van der Waals surface area contributed by atoms with Crippen molar-refractivity contribution >= 4 is 11.6 Å². The van der Waals surface area contributed by atoms with Gasteiger partial charge in [0.15, 0.2) is 6.54 Å². The summed E-state index contributed by atoms with van der Waals surface area (Å²) < 4.78 is 5.26. The minimum Gasteiger partial charge on any atom is -0.497 e. The molecule has 1 heterocycles. The normalized spacial score (nSPS) is 15.5. The van der Waals surface area contributed by atoms with Crippen molar-refractivity contribution in [2.75, 3.05) is 39.1 Å². The highest BCUT2D eigenvalue weighted by atomic mass is 16.5. The summed E-state index contributed by atoms with van der Waals surface area (Å²) in [6.07, 6.45) is 2.68. The first kappa shape index (κ1) is 19.4. The number of carbonyl (C=O) groups excluding carboxylic acids is 1. The van der Waals surface area contributed by atoms with Crippen LogP contribution in [0.4, 0.5) is 5.69 Å². The Labute approximate surface area is 161 Å². The molecule has 1 aliphatic heterocycles. The molecule has 0 aliphatic carbocycles. The van der Waals surface area contributed by atoms with Crippen LogP contribution in [0.1, 0.15) is 24.0 Å². The van der Waals surface area contributed by atoms with Crippen LogP contribution in [0.25, 0.3) is 0 Å². The molecule has 3 rings (SSSR count). The first-order valence-corrected chi connectivity index (χ1v) is 9.79. The Morgan fingerprint density at radius 3 is 2.56 bits per heavy atom. The Bertz CT molecular complexity index is 739. The summed E-state index contributed by atoms with van der Waals surface area (Å²) >= 11 is 0. The van der Waals surface area contributed by atoms with Crippen LogP contribution in [0.2, 0.25) is 0 Å². The van der Waals surface area contributed by atoms with E-state index >= 15 is 0 Å². The lowest BCUT2D eigenvalue weighted by Crippen LogP contribution is -3.08. The predicted molar refractivity (Wildman–Crippen MR) is 107 cm³/mol. The number of hydrogen-bond acceptors (Lipinski definition) is 2. The summed E-state index contributed by atoms with van der Waals surface area (Å²) in [5.41, 5.74) is 3.37. The van der Waals surface area contributed by atoms with Gasteiger partial charge in [0, 0.05) is 29.7 Å². The van der Waals surface area contributed by atoms with Crippen molar-refractivity contribution in [2.45, 2.75) is 25.9 Å². The quantitative estimate of drug-likeness (QED) is 0.636. The Hall–Kier alpha value is -2.37. The van der Waals surface area contributed by atoms with E-state index in [0.29, 0.717) is 6.54 Å². The molecule has 2 aromatic carbocycles. The van der Waals surface area contributed by atoms with E-state index < -0.39 is 0 Å². The van der Waals surface area contributed by atoms with Crippen LogP contribution >= 0.6 is 0 Å². The number of nitrogens with one attached hydrogen (secondary N) is 3. The SMILES string of the molecule is COc1cccc(C[NH+](C)CC(=O)Nc2ccc(C[NH+]3CCCC3)cc2)c1. The second-order valence-electron chi connectivity index (χ2n) is 7.54. The molecule has 5 heteroatoms. The van der Waals surface area contributed by atoms with E-state index in [1.807, 2.05) is 37.4 Å². The van der Waals surface area contributed by atoms with Gasteiger partial charge in [0.05, 0.1) is 27.2 Å². The second-order valence-corrected chi connectivity index (χ2v) is 7.54. The summed E-state index contributed by atoms with van der Waals surface area (Å²) in [6, 6.07) is 16.3. The number of quaternary nitrogens is 2. The van der Waals surface area contributed by atoms with Gasteiger partial charge in [-0.25, -0.2) is 0 Å². The highest BCUT2D eigenvalue weighted by molar-refractivity contribution is 5.91. The molecule has 2 aromatic rings. The molecule has 1 atom stereocenters. The number of ether oxygens (including phenoxy) is 1. The van der Waals surface area contributed by atoms with Crippen molar-refractivity contribution in [3.05, 3.63) is 59.7 Å². The number of benzene rings is 2. The fourth-order valence-electron chi connectivity index (χ4n) is 3.72. The van der Waals surface area contributed by atoms with E-state index in [1.165, 1.54) is 31.5 Å². The number of hydrogen-bond donors (Lipinski definition) is 3. The van der Waals surface area contributed by atoms with Crippen LogP contribution < -0.4 is 19.9 Å². The van der Waals surface area contributed by atoms with E-state index in [1.54, 1.807) is 12.0 Å². The average molecular weight is 370 g/mol. The lowest BCUT2D eigenvalue weighted by molar-refractivity contribution is -0.901. The molecule has 1 saturated heterocycles. The number of likely N-dealkylation sites (tertiary alicyclic amines) is 1. The number of methoxy groups -OCH3 is 1. The van der Waals surface area contributed by atoms with Crippen LogP contribution in [0, 0.1) is 0 Å². The summed E-state index contributed by atoms with van der Waals surface area (Å²) in [6.45, 7) is 4.85. The van der Waals surface area contributed by atoms with E-state index in [0.717, 1.165) is 35.0 Å². The molecule has 0 aromatic heterocycles. The number of likely N-dealkylation sites (N-methyl/N-ethyl adjacent to an activating group) is 1. The lowest BCUT2D eigenvalue weighted by atomic mass is 10.2. The summed E-state index contributed by atoms with van der Waals surface area (Å²) in [5.74, 6) is 0.883. The Morgan fingerprint density at radius 1 is 1.11 bits per heavy atom. The minimum atomic E-state index is 0.0355. The molecule has 0 bridgehead atoms. The van der Waals surface area contributed by atoms with E-state index in [-0.39, 0.29) is 5.91 Å². The summed E-state index contributed by atoms with van der Waals surface area (Å²) in [4.78, 5) is 15.1. The molecule has 1 unspecified atom stereocenters. The van der Waals surface area contributed by atoms with Crippen molar-refractivity contribution < 1.29 is 19.3 Å². The molecule has 0 radical (unpaired) electrons. The van der Waals surface area contributed by atoms with Gasteiger partial charge in [-0.05, 0) is 24.3 Å². The fourth-order valence-corrected chi connectivity index (χ4v) is 3.72. The van der Waals surface area contributed by atoms with Crippen molar-refractivity contribution in [1.82, 2.24) is 0 Å². The smallest absolute Gasteiger partial charge is 0.279 e. The third kappa shape index (κ3) is 6.08. The standard InChI is InChI=1S/C22H29N3O2/c1-24(15-19-6-5-7-21(14-19)27-2)17-22(26)23-20-10-8-18(9-11-20)16-25-12-3-4-13-25/h5-11,14H,3-4,12-13,15-17H2,1-2H3,(H,23,26)/p+2. The third-order valence-electron chi connectivity index (χ3n) is 5.10. The topological polar surface area (TPSA) is 47.2 Å². The maximum absolute atomic E-state index is 12.3. The molecule has 27 heavy (non-hydrogen) atoms. The molecule has 1 amide bonds. The number of rotatable bonds is 8. The molecule has 1 aliphatic rings. The molecule has 0 saturated carbocycles. The van der Waals surface area contributed by atoms with E-state index in [9.17, 15) is 4.79 Å². The van der Waals surface area contributed by atoms with E-state index in [2.05, 4.69) is 23.5 Å². The Morgan fingerprint density at radius 2 is 1.85 bits per heavy atom. The molecule has 5 nitrogen and oxygen atoms in total. The molecule has 3 N–H and O–H groups in total. The fraction of sp³-hybridized carbons (Fsp3) is 0.409. The second kappa shape index (κ2) is 9.53. The van der Waals surface area contributed by atoms with Crippen molar-refractivity contribution in [3.63, 3.8) is 0 Å². The summed E-state index contributed by atoms with van der Waals surface area (Å²) in [7, 11) is 3.70. The van der Waals surface area contributed by atoms with Gasteiger partial charge in [0.1, 0.15) is 18.8 Å². The van der Waals surface area contributed by atoms with Gasteiger partial charge in [0.25, 0.3) is 5.91 Å². The highest BCUT2D eigenvalue weighted by Crippen LogP contribution is 2.11. The van der Waals surface area contributed by atoms with Crippen molar-refractivity contribution in [3.8, 4) is 5.75 Å². The first-order valence-electron chi connectivity index (χ1n) is 9.79. The van der Waals surface area contributed by atoms with Crippen LogP contribution in [0.3, 0.4) is 0 Å². The van der Waals surface area contributed by atoms with Crippen LogP contribution in [-0.2, 0) is 17.9 Å². The van der Waals surface area contributed by atoms with Crippen molar-refractivity contribution in [1.29, 1.82) is 0 Å². The maximum atomic E-state index is 12.3. The van der Waals surface area contributed by atoms with Gasteiger partial charge in [-0.1, -0.05) is 24.3 Å². The third-order valence-corrected chi connectivity index (χ3v) is 5.10. The Kier molecular flexibility index (Phi) is 6.85. The van der Waals surface area contributed by atoms with Gasteiger partial charge in [-0.15, -0.1) is 0 Å². The van der Waals surface area contributed by atoms with Gasteiger partial charge in [0.2, 0.25) is 0 Å². The zero-order valence-corrected chi connectivity index (χ0v) is 16.4. The lowest BCUT2D eigenvalue weighted by Gasteiger charge is -2.15. The largest absolute Gasteiger partial charge is 0.497 e. The van der Waals surface area contributed by atoms with Crippen LogP contribution in [0.15, 0.2) is 48.5 Å². The maximum Gasteiger partial charge on any atom is 0.279 e.